The van der Waals surface area contributed by atoms with E-state index in [0.717, 1.165) is 19.3 Å². The zero-order chi connectivity index (χ0) is 14.3. The van der Waals surface area contributed by atoms with Crippen molar-refractivity contribution in [3.8, 4) is 0 Å². The first-order valence-electron chi connectivity index (χ1n) is 7.04. The van der Waals surface area contributed by atoms with Crippen molar-refractivity contribution in [1.82, 2.24) is 10.4 Å². The van der Waals surface area contributed by atoms with E-state index in [2.05, 4.69) is 43.5 Å². The number of amides is 1. The van der Waals surface area contributed by atoms with Crippen LogP contribution in [0.1, 0.15) is 50.2 Å². The van der Waals surface area contributed by atoms with Gasteiger partial charge >= 0.3 is 0 Å². The number of hydrogen-bond acceptors (Lipinski definition) is 2. The highest BCUT2D eigenvalue weighted by Crippen LogP contribution is 2.15. The second kappa shape index (κ2) is 7.95. The number of nitrogens with one attached hydrogen (secondary N) is 1. The summed E-state index contributed by atoms with van der Waals surface area (Å²) in [5.74, 6) is 0.684. The lowest BCUT2D eigenvalue weighted by Gasteiger charge is -2.11. The Morgan fingerprint density at radius 3 is 2.32 bits per heavy atom. The van der Waals surface area contributed by atoms with Crippen LogP contribution in [0, 0.1) is 0 Å². The van der Waals surface area contributed by atoms with Gasteiger partial charge in [0.1, 0.15) is 0 Å². The van der Waals surface area contributed by atoms with Crippen LogP contribution in [0.4, 0.5) is 0 Å². The molecule has 3 heteroatoms. The Kier molecular flexibility index (Phi) is 6.57. The fourth-order valence-electron chi connectivity index (χ4n) is 1.99. The second-order valence-corrected chi connectivity index (χ2v) is 5.53. The van der Waals surface area contributed by atoms with E-state index >= 15 is 0 Å². The van der Waals surface area contributed by atoms with Gasteiger partial charge in [-0.2, -0.15) is 0 Å². The van der Waals surface area contributed by atoms with Crippen LogP contribution in [-0.4, -0.2) is 25.0 Å². The third kappa shape index (κ3) is 6.39. The summed E-state index contributed by atoms with van der Waals surface area (Å²) in [6.45, 7) is 4.41. The summed E-state index contributed by atoms with van der Waals surface area (Å²) in [7, 11) is 3.66. The van der Waals surface area contributed by atoms with Gasteiger partial charge in [0, 0.05) is 20.5 Å². The van der Waals surface area contributed by atoms with Crippen molar-refractivity contribution >= 4 is 5.91 Å². The molecule has 0 saturated carbocycles. The molecule has 1 aromatic rings. The van der Waals surface area contributed by atoms with Gasteiger partial charge < -0.3 is 0 Å². The number of hydrogen-bond donors (Lipinski definition) is 1. The molecule has 1 aromatic carbocycles. The Hall–Kier alpha value is -1.35. The molecule has 106 valence electrons. The van der Waals surface area contributed by atoms with Crippen molar-refractivity contribution in [2.45, 2.75) is 45.4 Å². The van der Waals surface area contributed by atoms with E-state index in [1.165, 1.54) is 11.1 Å². The van der Waals surface area contributed by atoms with Crippen molar-refractivity contribution in [2.75, 3.05) is 14.1 Å². The third-order valence-electron chi connectivity index (χ3n) is 3.11. The molecule has 0 radical (unpaired) electrons. The summed E-state index contributed by atoms with van der Waals surface area (Å²) in [5.41, 5.74) is 5.50. The number of nitrogens with zero attached hydrogens (tertiary/aromatic N) is 1. The number of carbonyl (C=O) groups excluding carboxylic acids is 1. The number of hydrazine groups is 1. The second-order valence-electron chi connectivity index (χ2n) is 5.53. The standard InChI is InChI=1S/C16H26N2O/c1-13(2)15-11-9-14(10-12-15)7-5-6-8-16(19)17-18(3)4/h9-13H,5-8H2,1-4H3,(H,17,19). The van der Waals surface area contributed by atoms with Crippen LogP contribution < -0.4 is 5.43 Å². The van der Waals surface area contributed by atoms with Crippen molar-refractivity contribution < 1.29 is 4.79 Å². The molecule has 1 amide bonds. The predicted octanol–water partition coefficient (Wildman–Crippen LogP) is 3.12. The van der Waals surface area contributed by atoms with E-state index in [9.17, 15) is 4.79 Å². The molecule has 1 rings (SSSR count). The fourth-order valence-corrected chi connectivity index (χ4v) is 1.99. The molecule has 0 saturated heterocycles. The Labute approximate surface area is 117 Å². The molecule has 0 spiro atoms. The van der Waals surface area contributed by atoms with E-state index < -0.39 is 0 Å². The average Bonchev–Trinajstić information content (AvgIpc) is 2.34. The highest BCUT2D eigenvalue weighted by molar-refractivity contribution is 5.75. The van der Waals surface area contributed by atoms with Crippen molar-refractivity contribution in [3.63, 3.8) is 0 Å². The molecule has 3 nitrogen and oxygen atoms in total. The van der Waals surface area contributed by atoms with Gasteiger partial charge in [-0.05, 0) is 36.3 Å². The maximum atomic E-state index is 11.4. The van der Waals surface area contributed by atoms with Crippen molar-refractivity contribution in [2.24, 2.45) is 0 Å². The lowest BCUT2D eigenvalue weighted by molar-refractivity contribution is -0.124. The Morgan fingerprint density at radius 2 is 1.79 bits per heavy atom. The first-order valence-corrected chi connectivity index (χ1v) is 7.04. The number of carbonyl (C=O) groups is 1. The van der Waals surface area contributed by atoms with Crippen LogP contribution in [0.2, 0.25) is 0 Å². The maximum absolute atomic E-state index is 11.4. The average molecular weight is 262 g/mol. The van der Waals surface area contributed by atoms with E-state index in [1.807, 2.05) is 14.1 Å². The minimum atomic E-state index is 0.0974. The Bertz CT molecular complexity index is 382. The Morgan fingerprint density at radius 1 is 1.16 bits per heavy atom. The number of aryl methyl sites for hydroxylation is 1. The molecule has 0 aliphatic carbocycles. The topological polar surface area (TPSA) is 32.3 Å². The first kappa shape index (κ1) is 15.7. The zero-order valence-electron chi connectivity index (χ0n) is 12.6. The molecule has 0 atom stereocenters. The van der Waals surface area contributed by atoms with Gasteiger partial charge in [0.25, 0.3) is 0 Å². The highest BCUT2D eigenvalue weighted by Gasteiger charge is 2.02. The molecule has 1 N–H and O–H groups in total. The smallest absolute Gasteiger partial charge is 0.234 e. The van der Waals surface area contributed by atoms with Crippen LogP contribution in [0.15, 0.2) is 24.3 Å². The molecule has 0 aromatic heterocycles. The van der Waals surface area contributed by atoms with E-state index in [4.69, 9.17) is 0 Å². The van der Waals surface area contributed by atoms with Gasteiger partial charge in [-0.25, -0.2) is 5.01 Å². The number of rotatable bonds is 7. The largest absolute Gasteiger partial charge is 0.289 e. The van der Waals surface area contributed by atoms with Gasteiger partial charge in [-0.3, -0.25) is 10.2 Å². The van der Waals surface area contributed by atoms with Gasteiger partial charge in [-0.15, -0.1) is 0 Å². The van der Waals surface area contributed by atoms with Crippen LogP contribution in [0.3, 0.4) is 0 Å². The van der Waals surface area contributed by atoms with Crippen molar-refractivity contribution in [1.29, 1.82) is 0 Å². The van der Waals surface area contributed by atoms with E-state index in [0.29, 0.717) is 12.3 Å². The lowest BCUT2D eigenvalue weighted by atomic mass is 10.00. The zero-order valence-corrected chi connectivity index (χ0v) is 12.6. The summed E-state index contributed by atoms with van der Waals surface area (Å²) in [6, 6.07) is 8.82. The molecule has 0 bridgehead atoms. The van der Waals surface area contributed by atoms with Crippen LogP contribution in [0.25, 0.3) is 0 Å². The summed E-state index contributed by atoms with van der Waals surface area (Å²) in [6.07, 6.45) is 3.64. The molecule has 0 unspecified atom stereocenters. The molecular weight excluding hydrogens is 236 g/mol. The fraction of sp³-hybridized carbons (Fsp3) is 0.562. The summed E-state index contributed by atoms with van der Waals surface area (Å²) in [4.78, 5) is 11.4. The summed E-state index contributed by atoms with van der Waals surface area (Å²) < 4.78 is 0. The third-order valence-corrected chi connectivity index (χ3v) is 3.11. The minimum Gasteiger partial charge on any atom is -0.289 e. The molecule has 0 aliphatic rings. The monoisotopic (exact) mass is 262 g/mol. The summed E-state index contributed by atoms with van der Waals surface area (Å²) >= 11 is 0. The van der Waals surface area contributed by atoms with Gasteiger partial charge in [0.15, 0.2) is 0 Å². The van der Waals surface area contributed by atoms with Gasteiger partial charge in [0.2, 0.25) is 5.91 Å². The Balaban J connectivity index is 2.24. The van der Waals surface area contributed by atoms with E-state index in [1.54, 1.807) is 5.01 Å². The number of benzene rings is 1. The minimum absolute atomic E-state index is 0.0974. The van der Waals surface area contributed by atoms with Crippen molar-refractivity contribution in [3.05, 3.63) is 35.4 Å². The normalized spacial score (nSPS) is 11.1. The van der Waals surface area contributed by atoms with Crippen LogP contribution in [0.5, 0.6) is 0 Å². The number of unbranched alkanes of at least 4 members (excludes halogenated alkanes) is 1. The first-order chi connectivity index (χ1) is 8.99. The van der Waals surface area contributed by atoms with E-state index in [-0.39, 0.29) is 5.91 Å². The van der Waals surface area contributed by atoms with Gasteiger partial charge in [-0.1, -0.05) is 38.1 Å². The van der Waals surface area contributed by atoms with Crippen LogP contribution >= 0.6 is 0 Å². The molecule has 0 aliphatic heterocycles. The SMILES string of the molecule is CC(C)c1ccc(CCCCC(=O)NN(C)C)cc1. The highest BCUT2D eigenvalue weighted by atomic mass is 16.2. The maximum Gasteiger partial charge on any atom is 0.234 e. The van der Waals surface area contributed by atoms with Gasteiger partial charge in [0.05, 0.1) is 0 Å². The molecule has 0 fully saturated rings. The molecule has 19 heavy (non-hydrogen) atoms. The lowest BCUT2D eigenvalue weighted by Crippen LogP contribution is -2.35. The van der Waals surface area contributed by atoms with Crippen LogP contribution in [-0.2, 0) is 11.2 Å². The quantitative estimate of drug-likeness (QED) is 0.605. The summed E-state index contributed by atoms with van der Waals surface area (Å²) in [5, 5.41) is 1.69. The molecular formula is C16H26N2O. The molecule has 0 heterocycles. The predicted molar refractivity (Wildman–Crippen MR) is 79.9 cm³/mol.